The van der Waals surface area contributed by atoms with Gasteiger partial charge in [-0.1, -0.05) is 0 Å². The zero-order chi connectivity index (χ0) is 15.1. The smallest absolute Gasteiger partial charge is 0.420 e. The zero-order valence-corrected chi connectivity index (χ0v) is 12.7. The molecule has 0 saturated heterocycles. The summed E-state index contributed by atoms with van der Waals surface area (Å²) in [6.07, 6.45) is 0.699. The van der Waals surface area contributed by atoms with Crippen molar-refractivity contribution in [3.8, 4) is 0 Å². The molecule has 0 N–H and O–H groups in total. The van der Waals surface area contributed by atoms with Crippen molar-refractivity contribution in [2.24, 2.45) is 0 Å². The number of ether oxygens (including phenoxy) is 1. The van der Waals surface area contributed by atoms with E-state index in [-0.39, 0.29) is 4.90 Å². The van der Waals surface area contributed by atoms with Gasteiger partial charge in [0.2, 0.25) is 0 Å². The molecular weight excluding hydrogens is 304 g/mol. The molecular formula is C12H13ClN2O4S. The molecule has 1 aromatic carbocycles. The summed E-state index contributed by atoms with van der Waals surface area (Å²) < 4.78 is 28.9. The summed E-state index contributed by atoms with van der Waals surface area (Å²) >= 11 is 0. The minimum Gasteiger partial charge on any atom is -0.443 e. The van der Waals surface area contributed by atoms with E-state index in [0.717, 1.165) is 0 Å². The number of carbonyl (C=O) groups excluding carboxylic acids is 1. The minimum absolute atomic E-state index is 0.0684. The van der Waals surface area contributed by atoms with Crippen LogP contribution < -0.4 is 0 Å². The van der Waals surface area contributed by atoms with E-state index in [1.165, 1.54) is 29.1 Å². The van der Waals surface area contributed by atoms with E-state index >= 15 is 0 Å². The second kappa shape index (κ2) is 4.75. The zero-order valence-electron chi connectivity index (χ0n) is 11.1. The molecule has 1 aromatic heterocycles. The van der Waals surface area contributed by atoms with Crippen molar-refractivity contribution in [3.05, 3.63) is 24.5 Å². The predicted octanol–water partition coefficient (Wildman–Crippen LogP) is 2.75. The molecule has 6 nitrogen and oxygen atoms in total. The van der Waals surface area contributed by atoms with E-state index < -0.39 is 20.7 Å². The topological polar surface area (TPSA) is 78.3 Å². The monoisotopic (exact) mass is 316 g/mol. The Balaban J connectivity index is 2.46. The van der Waals surface area contributed by atoms with Crippen molar-refractivity contribution in [1.29, 1.82) is 0 Å². The van der Waals surface area contributed by atoms with Crippen LogP contribution in [0.15, 0.2) is 29.4 Å². The van der Waals surface area contributed by atoms with Crippen LogP contribution in [0.25, 0.3) is 11.0 Å². The van der Waals surface area contributed by atoms with E-state index in [1.54, 1.807) is 20.8 Å². The van der Waals surface area contributed by atoms with Gasteiger partial charge in [-0.15, -0.1) is 0 Å². The van der Waals surface area contributed by atoms with Crippen LogP contribution in [-0.2, 0) is 13.8 Å². The van der Waals surface area contributed by atoms with Crippen LogP contribution in [-0.4, -0.2) is 29.7 Å². The molecule has 2 rings (SSSR count). The lowest BCUT2D eigenvalue weighted by molar-refractivity contribution is 0.0543. The van der Waals surface area contributed by atoms with Gasteiger partial charge in [-0.2, -0.15) is 0 Å². The molecule has 2 aromatic rings. The Morgan fingerprint density at radius 1 is 1.35 bits per heavy atom. The molecule has 0 amide bonds. The third-order valence-corrected chi connectivity index (χ3v) is 3.74. The number of rotatable bonds is 1. The fourth-order valence-corrected chi connectivity index (χ4v) is 2.37. The van der Waals surface area contributed by atoms with E-state index in [9.17, 15) is 13.2 Å². The Bertz CT molecular complexity index is 774. The SMILES string of the molecule is CC(C)(C)OC(=O)n1cnc2cc(S(=O)(=O)Cl)ccc21. The Kier molecular flexibility index (Phi) is 3.51. The lowest BCUT2D eigenvalue weighted by Gasteiger charge is -2.19. The Morgan fingerprint density at radius 3 is 2.55 bits per heavy atom. The fraction of sp³-hybridized carbons (Fsp3) is 0.333. The summed E-state index contributed by atoms with van der Waals surface area (Å²) in [6, 6.07) is 4.08. The van der Waals surface area contributed by atoms with Gasteiger partial charge in [0.25, 0.3) is 9.05 Å². The van der Waals surface area contributed by atoms with Gasteiger partial charge in [0.15, 0.2) is 0 Å². The van der Waals surface area contributed by atoms with Crippen molar-refractivity contribution >= 4 is 36.9 Å². The second-order valence-corrected chi connectivity index (χ2v) is 7.75. The van der Waals surface area contributed by atoms with Gasteiger partial charge in [0.05, 0.1) is 15.9 Å². The minimum atomic E-state index is -3.83. The van der Waals surface area contributed by atoms with Crippen molar-refractivity contribution in [2.45, 2.75) is 31.3 Å². The van der Waals surface area contributed by atoms with Crippen LogP contribution in [0, 0.1) is 0 Å². The summed E-state index contributed by atoms with van der Waals surface area (Å²) in [5.41, 5.74) is 0.161. The highest BCUT2D eigenvalue weighted by Gasteiger charge is 2.20. The van der Waals surface area contributed by atoms with E-state index in [0.29, 0.717) is 11.0 Å². The molecule has 0 aliphatic carbocycles. The molecule has 0 aliphatic rings. The number of fused-ring (bicyclic) bond motifs is 1. The van der Waals surface area contributed by atoms with Gasteiger partial charge < -0.3 is 4.74 Å². The average Bonchev–Trinajstić information content (AvgIpc) is 2.67. The maximum Gasteiger partial charge on any atom is 0.420 e. The molecule has 0 spiro atoms. The average molecular weight is 317 g/mol. The van der Waals surface area contributed by atoms with Crippen molar-refractivity contribution in [1.82, 2.24) is 9.55 Å². The quantitative estimate of drug-likeness (QED) is 0.756. The summed E-state index contributed by atoms with van der Waals surface area (Å²) in [5.74, 6) is 0. The normalized spacial score (nSPS) is 12.6. The van der Waals surface area contributed by atoms with Gasteiger partial charge in [-0.05, 0) is 39.0 Å². The van der Waals surface area contributed by atoms with Crippen LogP contribution in [0.1, 0.15) is 20.8 Å². The number of aromatic nitrogens is 2. The second-order valence-electron chi connectivity index (χ2n) is 5.18. The summed E-state index contributed by atoms with van der Waals surface area (Å²) in [4.78, 5) is 15.9. The third-order valence-electron chi connectivity index (χ3n) is 2.39. The molecule has 8 heteroatoms. The summed E-state index contributed by atoms with van der Waals surface area (Å²) in [7, 11) is 1.43. The van der Waals surface area contributed by atoms with Crippen molar-refractivity contribution in [2.75, 3.05) is 0 Å². The van der Waals surface area contributed by atoms with Crippen LogP contribution >= 0.6 is 10.7 Å². The molecule has 0 radical (unpaired) electrons. The van der Waals surface area contributed by atoms with Gasteiger partial charge in [-0.25, -0.2) is 22.8 Å². The first-order valence-electron chi connectivity index (χ1n) is 5.73. The molecule has 0 atom stereocenters. The number of nitrogens with zero attached hydrogens (tertiary/aromatic N) is 2. The number of imidazole rings is 1. The highest BCUT2D eigenvalue weighted by molar-refractivity contribution is 8.13. The first kappa shape index (κ1) is 14.8. The maximum atomic E-state index is 12.0. The van der Waals surface area contributed by atoms with Gasteiger partial charge in [-0.3, -0.25) is 0 Å². The van der Waals surface area contributed by atoms with Gasteiger partial charge in [0.1, 0.15) is 11.9 Å². The maximum absolute atomic E-state index is 12.0. The van der Waals surface area contributed by atoms with Gasteiger partial charge in [0, 0.05) is 10.7 Å². The first-order chi connectivity index (χ1) is 9.08. The number of hydrogen-bond acceptors (Lipinski definition) is 5. The van der Waals surface area contributed by atoms with Crippen molar-refractivity contribution in [3.63, 3.8) is 0 Å². The molecule has 0 aliphatic heterocycles. The largest absolute Gasteiger partial charge is 0.443 e. The Labute approximate surface area is 120 Å². The molecule has 0 bridgehead atoms. The van der Waals surface area contributed by atoms with Crippen LogP contribution in [0.4, 0.5) is 4.79 Å². The molecule has 0 unspecified atom stereocenters. The Hall–Kier alpha value is -1.60. The van der Waals surface area contributed by atoms with E-state index in [2.05, 4.69) is 4.98 Å². The third kappa shape index (κ3) is 3.10. The standard InChI is InChI=1S/C12H13ClN2O4S/c1-12(2,3)19-11(16)15-7-14-9-6-8(20(13,17)18)4-5-10(9)15/h4-7H,1-3H3. The lowest BCUT2D eigenvalue weighted by Crippen LogP contribution is -2.26. The summed E-state index contributed by atoms with van der Waals surface area (Å²) in [6.45, 7) is 5.26. The predicted molar refractivity (Wildman–Crippen MR) is 74.4 cm³/mol. The van der Waals surface area contributed by atoms with E-state index in [4.69, 9.17) is 15.4 Å². The lowest BCUT2D eigenvalue weighted by atomic mass is 10.2. The number of hydrogen-bond donors (Lipinski definition) is 0. The highest BCUT2D eigenvalue weighted by atomic mass is 35.7. The molecule has 0 fully saturated rings. The number of halogens is 1. The first-order valence-corrected chi connectivity index (χ1v) is 8.04. The summed E-state index contributed by atoms with van der Waals surface area (Å²) in [5, 5.41) is 0. The molecule has 1 heterocycles. The van der Waals surface area contributed by atoms with Crippen LogP contribution in [0.3, 0.4) is 0 Å². The van der Waals surface area contributed by atoms with Crippen LogP contribution in [0.5, 0.6) is 0 Å². The van der Waals surface area contributed by atoms with E-state index in [1.807, 2.05) is 0 Å². The Morgan fingerprint density at radius 2 is 2.00 bits per heavy atom. The fourth-order valence-electron chi connectivity index (χ4n) is 1.60. The molecule has 108 valence electrons. The molecule has 0 saturated carbocycles. The van der Waals surface area contributed by atoms with Crippen LogP contribution in [0.2, 0.25) is 0 Å². The number of carbonyl (C=O) groups is 1. The number of benzene rings is 1. The highest BCUT2D eigenvalue weighted by Crippen LogP contribution is 2.21. The van der Waals surface area contributed by atoms with Gasteiger partial charge >= 0.3 is 6.09 Å². The molecule has 20 heavy (non-hydrogen) atoms. The van der Waals surface area contributed by atoms with Crippen molar-refractivity contribution < 1.29 is 17.9 Å².